The minimum absolute atomic E-state index is 0.0365. The van der Waals surface area contributed by atoms with Crippen molar-refractivity contribution in [2.45, 2.75) is 17.7 Å². The highest BCUT2D eigenvalue weighted by Crippen LogP contribution is 2.27. The Balaban J connectivity index is 1.83. The van der Waals surface area contributed by atoms with Gasteiger partial charge in [-0.25, -0.2) is 8.42 Å². The topological polar surface area (TPSA) is 113 Å². The van der Waals surface area contributed by atoms with E-state index in [-0.39, 0.29) is 22.6 Å². The molecule has 3 aromatic carbocycles. The molecular formula is C24H24N2O6S. The average molecular weight is 469 g/mol. The molecule has 0 spiro atoms. The molecule has 0 saturated heterocycles. The van der Waals surface area contributed by atoms with E-state index in [2.05, 4.69) is 5.32 Å². The summed E-state index contributed by atoms with van der Waals surface area (Å²) in [6.45, 7) is 0. The average Bonchev–Trinajstić information content (AvgIpc) is 2.83. The van der Waals surface area contributed by atoms with Gasteiger partial charge in [-0.05, 0) is 60.5 Å². The second-order valence-corrected chi connectivity index (χ2v) is 9.18. The van der Waals surface area contributed by atoms with Crippen molar-refractivity contribution in [2.24, 2.45) is 0 Å². The van der Waals surface area contributed by atoms with Crippen molar-refractivity contribution in [1.29, 1.82) is 0 Å². The number of methoxy groups -OCH3 is 1. The molecule has 172 valence electrons. The maximum atomic E-state index is 13.2. The fraction of sp³-hybridized carbons (Fsp3) is 0.167. The molecule has 8 nitrogen and oxygen atoms in total. The number of carbonyl (C=O) groups excluding carboxylic acids is 1. The van der Waals surface area contributed by atoms with Gasteiger partial charge in [0.25, 0.3) is 15.9 Å². The number of para-hydroxylation sites is 1. The maximum Gasteiger partial charge on any atom is 0.303 e. The lowest BCUT2D eigenvalue weighted by atomic mass is 10.1. The third kappa shape index (κ3) is 5.69. The summed E-state index contributed by atoms with van der Waals surface area (Å²) in [6.07, 6.45) is 0.266. The Morgan fingerprint density at radius 1 is 0.970 bits per heavy atom. The molecule has 1 amide bonds. The van der Waals surface area contributed by atoms with Gasteiger partial charge in [-0.2, -0.15) is 0 Å². The predicted molar refractivity (Wildman–Crippen MR) is 125 cm³/mol. The van der Waals surface area contributed by atoms with Crippen molar-refractivity contribution in [2.75, 3.05) is 23.8 Å². The number of aryl methyl sites for hydroxylation is 1. The molecule has 3 aromatic rings. The van der Waals surface area contributed by atoms with Gasteiger partial charge in [0.05, 0.1) is 23.3 Å². The van der Waals surface area contributed by atoms with Gasteiger partial charge >= 0.3 is 5.97 Å². The molecule has 0 radical (unpaired) electrons. The Kier molecular flexibility index (Phi) is 7.34. The number of benzene rings is 3. The fourth-order valence-electron chi connectivity index (χ4n) is 3.18. The van der Waals surface area contributed by atoms with E-state index in [4.69, 9.17) is 9.84 Å². The number of ether oxygens (including phenoxy) is 1. The normalized spacial score (nSPS) is 11.0. The first-order chi connectivity index (χ1) is 15.7. The molecular weight excluding hydrogens is 444 g/mol. The predicted octanol–water partition coefficient (Wildman–Crippen LogP) is 3.79. The van der Waals surface area contributed by atoms with Crippen LogP contribution < -0.4 is 14.4 Å². The van der Waals surface area contributed by atoms with E-state index in [1.54, 1.807) is 67.8 Å². The van der Waals surface area contributed by atoms with E-state index in [0.29, 0.717) is 17.9 Å². The zero-order valence-electron chi connectivity index (χ0n) is 18.2. The van der Waals surface area contributed by atoms with Crippen molar-refractivity contribution in [3.8, 4) is 5.75 Å². The number of aliphatic carboxylic acids is 1. The van der Waals surface area contributed by atoms with Crippen molar-refractivity contribution in [3.05, 3.63) is 83.9 Å². The first-order valence-corrected chi connectivity index (χ1v) is 11.5. The smallest absolute Gasteiger partial charge is 0.303 e. The van der Waals surface area contributed by atoms with E-state index in [1.807, 2.05) is 0 Å². The van der Waals surface area contributed by atoms with Crippen LogP contribution in [-0.4, -0.2) is 39.6 Å². The number of nitrogens with one attached hydrogen (secondary N) is 1. The largest absolute Gasteiger partial charge is 0.497 e. The van der Waals surface area contributed by atoms with Crippen LogP contribution in [0.25, 0.3) is 0 Å². The summed E-state index contributed by atoms with van der Waals surface area (Å²) in [5, 5.41) is 11.6. The molecule has 0 aliphatic carbocycles. The lowest BCUT2D eigenvalue weighted by Gasteiger charge is -2.22. The number of hydrogen-bond acceptors (Lipinski definition) is 5. The molecule has 0 aromatic heterocycles. The van der Waals surface area contributed by atoms with Gasteiger partial charge in [0.2, 0.25) is 0 Å². The van der Waals surface area contributed by atoms with Gasteiger partial charge < -0.3 is 15.2 Å². The molecule has 0 unspecified atom stereocenters. The van der Waals surface area contributed by atoms with Crippen LogP contribution in [0.1, 0.15) is 22.3 Å². The minimum atomic E-state index is -3.96. The fourth-order valence-corrected chi connectivity index (χ4v) is 4.39. The van der Waals surface area contributed by atoms with Gasteiger partial charge in [0.15, 0.2) is 0 Å². The summed E-state index contributed by atoms with van der Waals surface area (Å²) < 4.78 is 32.6. The first-order valence-electron chi connectivity index (χ1n) is 10.1. The molecule has 0 bridgehead atoms. The van der Waals surface area contributed by atoms with Gasteiger partial charge in [-0.1, -0.05) is 24.3 Å². The zero-order chi connectivity index (χ0) is 24.0. The zero-order valence-corrected chi connectivity index (χ0v) is 19.0. The maximum absolute atomic E-state index is 13.2. The standard InChI is InChI=1S/C24H24N2O6S/c1-26(33(30,31)20-14-7-17(8-15-20)9-16-23(27)28)22-6-4-3-5-21(22)24(29)25-18-10-12-19(32-2)13-11-18/h3-8,10-15H,9,16H2,1-2H3,(H,25,29)(H,27,28). The highest BCUT2D eigenvalue weighted by atomic mass is 32.2. The van der Waals surface area contributed by atoms with Crippen molar-refractivity contribution < 1.29 is 27.9 Å². The van der Waals surface area contributed by atoms with E-state index in [0.717, 1.165) is 9.87 Å². The van der Waals surface area contributed by atoms with Gasteiger partial charge in [-0.15, -0.1) is 0 Å². The number of anilines is 2. The van der Waals surface area contributed by atoms with E-state index in [1.165, 1.54) is 19.2 Å². The number of amides is 1. The number of nitrogens with zero attached hydrogens (tertiary/aromatic N) is 1. The molecule has 9 heteroatoms. The van der Waals surface area contributed by atoms with Crippen LogP contribution in [0.4, 0.5) is 11.4 Å². The highest BCUT2D eigenvalue weighted by Gasteiger charge is 2.25. The number of hydrogen-bond donors (Lipinski definition) is 2. The van der Waals surface area contributed by atoms with Crippen LogP contribution in [0.5, 0.6) is 5.75 Å². The van der Waals surface area contributed by atoms with Crippen LogP contribution >= 0.6 is 0 Å². The van der Waals surface area contributed by atoms with Crippen molar-refractivity contribution in [1.82, 2.24) is 0 Å². The number of carbonyl (C=O) groups is 2. The quantitative estimate of drug-likeness (QED) is 0.494. The van der Waals surface area contributed by atoms with Crippen LogP contribution in [-0.2, 0) is 21.2 Å². The van der Waals surface area contributed by atoms with Crippen molar-refractivity contribution in [3.63, 3.8) is 0 Å². The molecule has 0 saturated carbocycles. The number of sulfonamides is 1. The summed E-state index contributed by atoms with van der Waals surface area (Å²) in [7, 11) is -1.03. The van der Waals surface area contributed by atoms with Crippen molar-refractivity contribution >= 4 is 33.3 Å². The summed E-state index contributed by atoms with van der Waals surface area (Å²) in [5.41, 5.74) is 1.67. The monoisotopic (exact) mass is 468 g/mol. The Bertz CT molecular complexity index is 1240. The second-order valence-electron chi connectivity index (χ2n) is 7.21. The Morgan fingerprint density at radius 3 is 2.21 bits per heavy atom. The molecule has 0 heterocycles. The SMILES string of the molecule is COc1ccc(NC(=O)c2ccccc2N(C)S(=O)(=O)c2ccc(CCC(=O)O)cc2)cc1. The molecule has 0 fully saturated rings. The molecule has 0 aliphatic heterocycles. The van der Waals surface area contributed by atoms with Crippen LogP contribution in [0.2, 0.25) is 0 Å². The highest BCUT2D eigenvalue weighted by molar-refractivity contribution is 7.92. The van der Waals surface area contributed by atoms with E-state index < -0.39 is 21.9 Å². The summed E-state index contributed by atoms with van der Waals surface area (Å²) in [6, 6.07) is 19.2. The number of carboxylic acids is 1. The van der Waals surface area contributed by atoms with Crippen LogP contribution in [0.15, 0.2) is 77.7 Å². The summed E-state index contributed by atoms with van der Waals surface area (Å²) in [5.74, 6) is -0.731. The lowest BCUT2D eigenvalue weighted by Crippen LogP contribution is -2.29. The molecule has 2 N–H and O–H groups in total. The Labute approximate surface area is 192 Å². The van der Waals surface area contributed by atoms with Gasteiger partial charge in [-0.3, -0.25) is 13.9 Å². The van der Waals surface area contributed by atoms with Crippen LogP contribution in [0, 0.1) is 0 Å². The molecule has 33 heavy (non-hydrogen) atoms. The Hall–Kier alpha value is -3.85. The van der Waals surface area contributed by atoms with Gasteiger partial charge in [0.1, 0.15) is 5.75 Å². The van der Waals surface area contributed by atoms with E-state index >= 15 is 0 Å². The Morgan fingerprint density at radius 2 is 1.61 bits per heavy atom. The number of carboxylic acid groups (broad SMARTS) is 1. The second kappa shape index (κ2) is 10.2. The molecule has 3 rings (SSSR count). The molecule has 0 atom stereocenters. The summed E-state index contributed by atoms with van der Waals surface area (Å²) in [4.78, 5) is 23.7. The number of rotatable bonds is 9. The first kappa shape index (κ1) is 23.8. The third-order valence-corrected chi connectivity index (χ3v) is 6.83. The molecule has 0 aliphatic rings. The third-order valence-electron chi connectivity index (χ3n) is 5.05. The van der Waals surface area contributed by atoms with Gasteiger partial charge in [0, 0.05) is 19.2 Å². The summed E-state index contributed by atoms with van der Waals surface area (Å²) >= 11 is 0. The lowest BCUT2D eigenvalue weighted by molar-refractivity contribution is -0.136. The van der Waals surface area contributed by atoms with E-state index in [9.17, 15) is 18.0 Å². The van der Waals surface area contributed by atoms with Crippen LogP contribution in [0.3, 0.4) is 0 Å². The minimum Gasteiger partial charge on any atom is -0.497 e.